The molecule has 0 fully saturated rings. The number of rotatable bonds is 3. The Kier molecular flexibility index (Phi) is 3.78. The maximum absolute atomic E-state index is 12.9. The second-order valence-corrected chi connectivity index (χ2v) is 2.93. The summed E-state index contributed by atoms with van der Waals surface area (Å²) in [4.78, 5) is 11.0. The summed E-state index contributed by atoms with van der Waals surface area (Å²) in [7, 11) is 2.28. The van der Waals surface area contributed by atoms with E-state index in [1.165, 1.54) is 7.11 Å². The molecule has 0 heterocycles. The van der Waals surface area contributed by atoms with Crippen molar-refractivity contribution in [2.24, 2.45) is 0 Å². The van der Waals surface area contributed by atoms with Crippen LogP contribution in [0, 0.1) is 11.6 Å². The molecule has 0 amide bonds. The molecule has 0 aromatic heterocycles. The molecular weight excluding hydrogens is 222 g/mol. The largest absolute Gasteiger partial charge is 0.496 e. The fourth-order valence-electron chi connectivity index (χ4n) is 1.17. The van der Waals surface area contributed by atoms with Gasteiger partial charge in [0.25, 0.3) is 0 Å². The number of ether oxygens (including phenoxy) is 2. The van der Waals surface area contributed by atoms with Gasteiger partial charge in [-0.1, -0.05) is 0 Å². The summed E-state index contributed by atoms with van der Waals surface area (Å²) in [5.41, 5.74) is -0.187. The normalized spacial score (nSPS) is 12.1. The third-order valence-electron chi connectivity index (χ3n) is 1.99. The van der Waals surface area contributed by atoms with Crippen molar-refractivity contribution in [2.45, 2.75) is 6.10 Å². The monoisotopic (exact) mass is 232 g/mol. The minimum Gasteiger partial charge on any atom is -0.496 e. The van der Waals surface area contributed by atoms with Crippen LogP contribution in [-0.2, 0) is 9.53 Å². The molecule has 0 saturated heterocycles. The fourth-order valence-corrected chi connectivity index (χ4v) is 1.17. The molecule has 0 aliphatic carbocycles. The van der Waals surface area contributed by atoms with E-state index in [1.54, 1.807) is 0 Å². The number of methoxy groups -OCH3 is 2. The van der Waals surface area contributed by atoms with E-state index < -0.39 is 23.7 Å². The van der Waals surface area contributed by atoms with Crippen molar-refractivity contribution in [2.75, 3.05) is 14.2 Å². The van der Waals surface area contributed by atoms with E-state index in [2.05, 4.69) is 4.74 Å². The van der Waals surface area contributed by atoms with Crippen LogP contribution in [0.2, 0.25) is 0 Å². The Labute approximate surface area is 90.4 Å². The molecule has 1 unspecified atom stereocenters. The molecule has 0 aliphatic rings. The highest BCUT2D eigenvalue weighted by Crippen LogP contribution is 2.28. The molecule has 0 spiro atoms. The zero-order valence-electron chi connectivity index (χ0n) is 8.66. The second kappa shape index (κ2) is 4.89. The maximum Gasteiger partial charge on any atom is 0.339 e. The predicted octanol–water partition coefficient (Wildman–Crippen LogP) is 1.18. The van der Waals surface area contributed by atoms with Crippen LogP contribution in [0.5, 0.6) is 5.75 Å². The minimum atomic E-state index is -1.71. The summed E-state index contributed by atoms with van der Waals surface area (Å²) in [6.07, 6.45) is -1.71. The highest BCUT2D eigenvalue weighted by molar-refractivity contribution is 5.77. The molecule has 6 heteroatoms. The van der Waals surface area contributed by atoms with Gasteiger partial charge in [0, 0.05) is 11.6 Å². The number of aliphatic hydroxyl groups is 1. The van der Waals surface area contributed by atoms with Crippen molar-refractivity contribution >= 4 is 5.97 Å². The zero-order valence-corrected chi connectivity index (χ0v) is 8.66. The molecule has 1 N–H and O–H groups in total. The lowest BCUT2D eigenvalue weighted by Gasteiger charge is -2.13. The van der Waals surface area contributed by atoms with E-state index in [9.17, 15) is 18.7 Å². The first-order valence-electron chi connectivity index (χ1n) is 4.30. The zero-order chi connectivity index (χ0) is 12.3. The van der Waals surface area contributed by atoms with E-state index in [0.29, 0.717) is 6.07 Å². The van der Waals surface area contributed by atoms with Gasteiger partial charge in [-0.15, -0.1) is 0 Å². The average molecular weight is 232 g/mol. The van der Waals surface area contributed by atoms with E-state index in [0.717, 1.165) is 13.2 Å². The highest BCUT2D eigenvalue weighted by atomic mass is 19.2. The van der Waals surface area contributed by atoms with Crippen molar-refractivity contribution in [1.82, 2.24) is 0 Å². The minimum absolute atomic E-state index is 0.128. The lowest BCUT2D eigenvalue weighted by Crippen LogP contribution is -2.15. The SMILES string of the molecule is COC(=O)C(O)c1cc(F)c(F)cc1OC. The van der Waals surface area contributed by atoms with E-state index >= 15 is 0 Å². The number of esters is 1. The van der Waals surface area contributed by atoms with E-state index in [1.807, 2.05) is 0 Å². The summed E-state index contributed by atoms with van der Waals surface area (Å²) >= 11 is 0. The maximum atomic E-state index is 12.9. The standard InChI is InChI=1S/C10H10F2O4/c1-15-8-4-7(12)6(11)3-5(8)9(13)10(14)16-2/h3-4,9,13H,1-2H3. The van der Waals surface area contributed by atoms with Gasteiger partial charge in [-0.2, -0.15) is 0 Å². The van der Waals surface area contributed by atoms with Gasteiger partial charge in [-0.05, 0) is 6.07 Å². The molecule has 1 aromatic carbocycles. The van der Waals surface area contributed by atoms with Gasteiger partial charge in [0.1, 0.15) is 5.75 Å². The van der Waals surface area contributed by atoms with Crippen LogP contribution in [-0.4, -0.2) is 25.3 Å². The summed E-state index contributed by atoms with van der Waals surface area (Å²) in [5, 5.41) is 9.47. The van der Waals surface area contributed by atoms with Crippen molar-refractivity contribution in [3.05, 3.63) is 29.3 Å². The van der Waals surface area contributed by atoms with Gasteiger partial charge in [0.2, 0.25) is 0 Å². The van der Waals surface area contributed by atoms with Crippen LogP contribution in [0.3, 0.4) is 0 Å². The fraction of sp³-hybridized carbons (Fsp3) is 0.300. The van der Waals surface area contributed by atoms with Gasteiger partial charge in [0.05, 0.1) is 14.2 Å². The van der Waals surface area contributed by atoms with Crippen LogP contribution in [0.4, 0.5) is 8.78 Å². The average Bonchev–Trinajstić information content (AvgIpc) is 2.30. The summed E-state index contributed by atoms with van der Waals surface area (Å²) in [6, 6.07) is 1.44. The number of halogens is 2. The smallest absolute Gasteiger partial charge is 0.339 e. The molecule has 0 radical (unpaired) electrons. The quantitative estimate of drug-likeness (QED) is 0.795. The van der Waals surface area contributed by atoms with Crippen LogP contribution in [0.1, 0.15) is 11.7 Å². The summed E-state index contributed by atoms with van der Waals surface area (Å²) in [5.74, 6) is -3.42. The van der Waals surface area contributed by atoms with Crippen LogP contribution in [0.25, 0.3) is 0 Å². The number of hydrogen-bond donors (Lipinski definition) is 1. The Morgan fingerprint density at radius 3 is 2.38 bits per heavy atom. The third kappa shape index (κ3) is 2.27. The van der Waals surface area contributed by atoms with Crippen LogP contribution in [0.15, 0.2) is 12.1 Å². The van der Waals surface area contributed by atoms with Crippen LogP contribution >= 0.6 is 0 Å². The molecule has 0 aliphatic heterocycles. The summed E-state index contributed by atoms with van der Waals surface area (Å²) in [6.45, 7) is 0. The molecule has 1 atom stereocenters. The van der Waals surface area contributed by atoms with E-state index in [4.69, 9.17) is 4.74 Å². The van der Waals surface area contributed by atoms with Gasteiger partial charge in [-0.25, -0.2) is 13.6 Å². The second-order valence-electron chi connectivity index (χ2n) is 2.93. The first kappa shape index (κ1) is 12.4. The number of carbonyl (C=O) groups is 1. The topological polar surface area (TPSA) is 55.8 Å². The molecule has 0 saturated carbocycles. The molecule has 1 aromatic rings. The summed E-state index contributed by atoms with van der Waals surface area (Å²) < 4.78 is 34.8. The number of carbonyl (C=O) groups excluding carboxylic acids is 1. The third-order valence-corrected chi connectivity index (χ3v) is 1.99. The highest BCUT2D eigenvalue weighted by Gasteiger charge is 2.24. The molecule has 4 nitrogen and oxygen atoms in total. The molecule has 1 rings (SSSR count). The van der Waals surface area contributed by atoms with Crippen molar-refractivity contribution in [3.8, 4) is 5.75 Å². The van der Waals surface area contributed by atoms with Gasteiger partial charge in [0.15, 0.2) is 17.7 Å². The lowest BCUT2D eigenvalue weighted by molar-refractivity contribution is -0.150. The molecule has 88 valence electrons. The van der Waals surface area contributed by atoms with Crippen molar-refractivity contribution in [1.29, 1.82) is 0 Å². The predicted molar refractivity (Wildman–Crippen MR) is 49.9 cm³/mol. The van der Waals surface area contributed by atoms with Crippen molar-refractivity contribution < 1.29 is 28.2 Å². The number of benzene rings is 1. The number of hydrogen-bond acceptors (Lipinski definition) is 4. The Balaban J connectivity index is 3.21. The Morgan fingerprint density at radius 2 is 1.88 bits per heavy atom. The molecular formula is C10H10F2O4. The van der Waals surface area contributed by atoms with Gasteiger partial charge >= 0.3 is 5.97 Å². The Morgan fingerprint density at radius 1 is 1.31 bits per heavy atom. The van der Waals surface area contributed by atoms with E-state index in [-0.39, 0.29) is 11.3 Å². The lowest BCUT2D eigenvalue weighted by atomic mass is 10.1. The van der Waals surface area contributed by atoms with Gasteiger partial charge < -0.3 is 14.6 Å². The first-order valence-corrected chi connectivity index (χ1v) is 4.30. The number of aliphatic hydroxyl groups excluding tert-OH is 1. The Hall–Kier alpha value is -1.69. The molecule has 0 bridgehead atoms. The van der Waals surface area contributed by atoms with Crippen LogP contribution < -0.4 is 4.74 Å². The first-order chi connectivity index (χ1) is 7.51. The Bertz CT molecular complexity index is 406. The molecule has 16 heavy (non-hydrogen) atoms. The van der Waals surface area contributed by atoms with Gasteiger partial charge in [-0.3, -0.25) is 0 Å². The van der Waals surface area contributed by atoms with Crippen molar-refractivity contribution in [3.63, 3.8) is 0 Å².